The Bertz CT molecular complexity index is 968. The molecule has 3 aromatic rings. The molecule has 2 N–H and O–H groups in total. The van der Waals surface area contributed by atoms with Crippen LogP contribution in [0.3, 0.4) is 0 Å². The molecule has 25 heavy (non-hydrogen) atoms. The molecule has 0 radical (unpaired) electrons. The molecule has 1 aliphatic heterocycles. The van der Waals surface area contributed by atoms with Crippen LogP contribution in [0.15, 0.2) is 42.5 Å². The average molecular weight is 339 g/mol. The van der Waals surface area contributed by atoms with Crippen molar-refractivity contribution in [3.63, 3.8) is 0 Å². The lowest BCUT2D eigenvalue weighted by atomic mass is 10.1. The summed E-state index contributed by atoms with van der Waals surface area (Å²) in [5.74, 6) is 0.346. The number of hydrogen-bond acceptors (Lipinski definition) is 4. The van der Waals surface area contributed by atoms with Crippen LogP contribution in [0.5, 0.6) is 11.5 Å². The summed E-state index contributed by atoms with van der Waals surface area (Å²) in [7, 11) is 0. The fraction of sp³-hybridized carbons (Fsp3) is 0.111. The number of carbonyl (C=O) groups is 1. The summed E-state index contributed by atoms with van der Waals surface area (Å²) in [6.45, 7) is 2.01. The third-order valence-corrected chi connectivity index (χ3v) is 3.86. The van der Waals surface area contributed by atoms with Crippen molar-refractivity contribution in [1.29, 1.82) is 0 Å². The number of hydrogen-bond donors (Lipinski definition) is 2. The van der Waals surface area contributed by atoms with E-state index in [2.05, 4.69) is 15.5 Å². The van der Waals surface area contributed by atoms with Crippen LogP contribution < -0.4 is 14.8 Å². The van der Waals surface area contributed by atoms with Crippen molar-refractivity contribution < 1.29 is 18.7 Å². The predicted molar refractivity (Wildman–Crippen MR) is 89.2 cm³/mol. The van der Waals surface area contributed by atoms with Crippen molar-refractivity contribution in [2.75, 3.05) is 12.1 Å². The minimum atomic E-state index is -0.491. The molecule has 1 amide bonds. The number of H-pyrrole nitrogens is 1. The molecule has 126 valence electrons. The number of amides is 1. The largest absolute Gasteiger partial charge is 0.454 e. The second kappa shape index (κ2) is 5.94. The van der Waals surface area contributed by atoms with Crippen molar-refractivity contribution in [1.82, 2.24) is 10.2 Å². The fourth-order valence-corrected chi connectivity index (χ4v) is 2.57. The molecular formula is C18H14FN3O3. The van der Waals surface area contributed by atoms with Crippen LogP contribution >= 0.6 is 0 Å². The van der Waals surface area contributed by atoms with Crippen LogP contribution in [-0.4, -0.2) is 22.9 Å². The number of rotatable bonds is 3. The van der Waals surface area contributed by atoms with Gasteiger partial charge < -0.3 is 14.8 Å². The smallest absolute Gasteiger partial charge is 0.273 e. The number of halogens is 1. The molecule has 0 atom stereocenters. The van der Waals surface area contributed by atoms with Crippen LogP contribution in [0.1, 0.15) is 16.1 Å². The molecule has 0 saturated heterocycles. The summed E-state index contributed by atoms with van der Waals surface area (Å²) in [5.41, 5.74) is 2.56. The quantitative estimate of drug-likeness (QED) is 0.766. The van der Waals surface area contributed by atoms with Gasteiger partial charge in [0.25, 0.3) is 5.91 Å². The Morgan fingerprint density at radius 3 is 2.88 bits per heavy atom. The number of aromatic nitrogens is 2. The van der Waals surface area contributed by atoms with Crippen molar-refractivity contribution in [3.05, 3.63) is 59.5 Å². The Hall–Kier alpha value is -3.35. The molecule has 4 rings (SSSR count). The number of carbonyl (C=O) groups excluding carboxylic acids is 1. The normalized spacial score (nSPS) is 12.2. The third kappa shape index (κ3) is 2.91. The molecule has 1 aliphatic rings. The van der Waals surface area contributed by atoms with Gasteiger partial charge in [-0.25, -0.2) is 4.39 Å². The van der Waals surface area contributed by atoms with E-state index in [4.69, 9.17) is 9.47 Å². The lowest BCUT2D eigenvalue weighted by Crippen LogP contribution is -2.13. The van der Waals surface area contributed by atoms with Gasteiger partial charge in [0, 0.05) is 5.56 Å². The molecule has 2 aromatic carbocycles. The van der Waals surface area contributed by atoms with Gasteiger partial charge in [0.2, 0.25) is 6.79 Å². The van der Waals surface area contributed by atoms with Crippen molar-refractivity contribution in [3.8, 4) is 22.8 Å². The zero-order valence-corrected chi connectivity index (χ0v) is 13.3. The first-order valence-electron chi connectivity index (χ1n) is 7.63. The van der Waals surface area contributed by atoms with Crippen LogP contribution in [0.4, 0.5) is 10.1 Å². The standard InChI is InChI=1S/C18H14FN3O3/c1-10-2-4-12(19)14(6-10)20-18(23)15-8-13(21-22-15)11-3-5-16-17(7-11)25-9-24-16/h2-8H,9H2,1H3,(H,20,23)(H,21,22). The molecule has 7 heteroatoms. The third-order valence-electron chi connectivity index (χ3n) is 3.86. The number of fused-ring (bicyclic) bond motifs is 1. The molecule has 2 heterocycles. The highest BCUT2D eigenvalue weighted by molar-refractivity contribution is 6.03. The molecule has 0 bridgehead atoms. The van der Waals surface area contributed by atoms with E-state index in [1.54, 1.807) is 30.3 Å². The van der Waals surface area contributed by atoms with E-state index in [0.29, 0.717) is 17.2 Å². The zero-order valence-electron chi connectivity index (χ0n) is 13.3. The molecule has 1 aromatic heterocycles. The highest BCUT2D eigenvalue weighted by Gasteiger charge is 2.17. The summed E-state index contributed by atoms with van der Waals surface area (Å²) in [5, 5.41) is 9.35. The number of nitrogens with one attached hydrogen (secondary N) is 2. The predicted octanol–water partition coefficient (Wildman–Crippen LogP) is 3.51. The number of anilines is 1. The van der Waals surface area contributed by atoms with E-state index in [1.807, 2.05) is 13.0 Å². The number of benzene rings is 2. The van der Waals surface area contributed by atoms with E-state index >= 15 is 0 Å². The number of nitrogens with zero attached hydrogens (tertiary/aromatic N) is 1. The average Bonchev–Trinajstić information content (AvgIpc) is 3.26. The van der Waals surface area contributed by atoms with Gasteiger partial charge in [-0.2, -0.15) is 5.10 Å². The first kappa shape index (κ1) is 15.2. The van der Waals surface area contributed by atoms with Crippen LogP contribution in [-0.2, 0) is 0 Å². The molecule has 0 unspecified atom stereocenters. The first-order chi connectivity index (χ1) is 12.1. The van der Waals surface area contributed by atoms with Gasteiger partial charge in [0.15, 0.2) is 11.5 Å². The van der Waals surface area contributed by atoms with E-state index in [0.717, 1.165) is 11.1 Å². The van der Waals surface area contributed by atoms with E-state index in [9.17, 15) is 9.18 Å². The van der Waals surface area contributed by atoms with Gasteiger partial charge in [-0.3, -0.25) is 9.89 Å². The SMILES string of the molecule is Cc1ccc(F)c(NC(=O)c2cc(-c3ccc4c(c3)OCO4)n[nH]2)c1. The second-order valence-corrected chi connectivity index (χ2v) is 5.67. The maximum atomic E-state index is 13.8. The molecule has 0 spiro atoms. The van der Waals surface area contributed by atoms with Gasteiger partial charge in [0.05, 0.1) is 11.4 Å². The van der Waals surface area contributed by atoms with E-state index < -0.39 is 11.7 Å². The molecule has 6 nitrogen and oxygen atoms in total. The number of aryl methyl sites for hydroxylation is 1. The van der Waals surface area contributed by atoms with Crippen molar-refractivity contribution in [2.45, 2.75) is 6.92 Å². The summed E-state index contributed by atoms with van der Waals surface area (Å²) < 4.78 is 24.4. The maximum absolute atomic E-state index is 13.8. The molecular weight excluding hydrogens is 325 g/mol. The highest BCUT2D eigenvalue weighted by atomic mass is 19.1. The van der Waals surface area contributed by atoms with Gasteiger partial charge in [0.1, 0.15) is 11.5 Å². The van der Waals surface area contributed by atoms with Gasteiger partial charge >= 0.3 is 0 Å². The van der Waals surface area contributed by atoms with Crippen LogP contribution in [0.2, 0.25) is 0 Å². The van der Waals surface area contributed by atoms with E-state index in [-0.39, 0.29) is 18.2 Å². The Morgan fingerprint density at radius 1 is 1.16 bits per heavy atom. The van der Waals surface area contributed by atoms with Crippen LogP contribution in [0.25, 0.3) is 11.3 Å². The topological polar surface area (TPSA) is 76.2 Å². The lowest BCUT2D eigenvalue weighted by Gasteiger charge is -2.05. The number of aromatic amines is 1. The van der Waals surface area contributed by atoms with Gasteiger partial charge in [-0.05, 0) is 48.9 Å². The van der Waals surface area contributed by atoms with Crippen molar-refractivity contribution in [2.24, 2.45) is 0 Å². The Balaban J connectivity index is 1.56. The monoisotopic (exact) mass is 339 g/mol. The number of ether oxygens (including phenoxy) is 2. The van der Waals surface area contributed by atoms with Gasteiger partial charge in [-0.1, -0.05) is 6.07 Å². The molecule has 0 fully saturated rings. The van der Waals surface area contributed by atoms with Gasteiger partial charge in [-0.15, -0.1) is 0 Å². The molecule has 0 saturated carbocycles. The Morgan fingerprint density at radius 2 is 2.00 bits per heavy atom. The Labute approximate surface area is 142 Å². The van der Waals surface area contributed by atoms with Crippen molar-refractivity contribution >= 4 is 11.6 Å². The lowest BCUT2D eigenvalue weighted by molar-refractivity contribution is 0.102. The fourth-order valence-electron chi connectivity index (χ4n) is 2.57. The van der Waals surface area contributed by atoms with Crippen LogP contribution in [0, 0.1) is 12.7 Å². The first-order valence-corrected chi connectivity index (χ1v) is 7.63. The minimum absolute atomic E-state index is 0.129. The summed E-state index contributed by atoms with van der Waals surface area (Å²) >= 11 is 0. The molecule has 0 aliphatic carbocycles. The summed E-state index contributed by atoms with van der Waals surface area (Å²) in [4.78, 5) is 12.3. The zero-order chi connectivity index (χ0) is 17.4. The minimum Gasteiger partial charge on any atom is -0.454 e. The maximum Gasteiger partial charge on any atom is 0.273 e. The van der Waals surface area contributed by atoms with E-state index in [1.165, 1.54) is 6.07 Å². The highest BCUT2D eigenvalue weighted by Crippen LogP contribution is 2.35. The Kier molecular flexibility index (Phi) is 3.61. The summed E-state index contributed by atoms with van der Waals surface area (Å²) in [6.07, 6.45) is 0. The summed E-state index contributed by atoms with van der Waals surface area (Å²) in [6, 6.07) is 11.5. The second-order valence-electron chi connectivity index (χ2n) is 5.67.